The van der Waals surface area contributed by atoms with Gasteiger partial charge < -0.3 is 10.1 Å². The van der Waals surface area contributed by atoms with E-state index in [1.54, 1.807) is 18.2 Å². The van der Waals surface area contributed by atoms with Crippen molar-refractivity contribution < 1.29 is 13.5 Å². The molecule has 0 heterocycles. The Hall–Kier alpha value is -1.32. The molecule has 0 saturated heterocycles. The molecule has 1 rings (SSSR count). The second-order valence-corrected chi connectivity index (χ2v) is 3.21. The van der Waals surface area contributed by atoms with Crippen molar-refractivity contribution in [2.45, 2.75) is 26.5 Å². The van der Waals surface area contributed by atoms with Crippen molar-refractivity contribution in [3.8, 4) is 5.75 Å². The zero-order chi connectivity index (χ0) is 10.6. The minimum Gasteiger partial charge on any atom is -0.435 e. The molecule has 14 heavy (non-hydrogen) atoms. The predicted molar refractivity (Wildman–Crippen MR) is 51.8 cm³/mol. The summed E-state index contributed by atoms with van der Waals surface area (Å²) in [6.45, 7) is 1.17. The molecule has 0 aliphatic carbocycles. The minimum atomic E-state index is -2.77. The van der Waals surface area contributed by atoms with Gasteiger partial charge in [0, 0.05) is 17.8 Å². The summed E-state index contributed by atoms with van der Waals surface area (Å²) in [5.41, 5.74) is 0.776. The highest BCUT2D eigenvalue weighted by Gasteiger charge is 2.04. The Morgan fingerprint density at radius 1 is 1.29 bits per heavy atom. The summed E-state index contributed by atoms with van der Waals surface area (Å²) in [6.07, 6.45) is 0. The lowest BCUT2D eigenvalue weighted by atomic mass is 10.2. The summed E-state index contributed by atoms with van der Waals surface area (Å²) < 4.78 is 28.0. The van der Waals surface area contributed by atoms with E-state index in [-0.39, 0.29) is 11.8 Å². The van der Waals surface area contributed by atoms with Crippen LogP contribution in [-0.4, -0.2) is 12.7 Å². The van der Waals surface area contributed by atoms with Gasteiger partial charge in [0.15, 0.2) is 0 Å². The Kier molecular flexibility index (Phi) is 3.68. The third-order valence-corrected chi connectivity index (χ3v) is 1.51. The van der Waals surface area contributed by atoms with Crippen molar-refractivity contribution in [3.63, 3.8) is 0 Å². The fourth-order valence-corrected chi connectivity index (χ4v) is 1.10. The van der Waals surface area contributed by atoms with Crippen LogP contribution in [0.3, 0.4) is 0 Å². The van der Waals surface area contributed by atoms with Crippen LogP contribution in [0.2, 0.25) is 0 Å². The van der Waals surface area contributed by atoms with Gasteiger partial charge in [-0.15, -0.1) is 0 Å². The SMILES string of the molecule is CC(C)Nc1cccc(OC(F)F)c1. The zero-order valence-corrected chi connectivity index (χ0v) is 8.13. The summed E-state index contributed by atoms with van der Waals surface area (Å²) >= 11 is 0. The molecule has 4 heteroatoms. The maximum absolute atomic E-state index is 11.9. The second-order valence-electron chi connectivity index (χ2n) is 3.21. The first-order chi connectivity index (χ1) is 6.58. The number of hydrogen-bond donors (Lipinski definition) is 1. The smallest absolute Gasteiger partial charge is 0.387 e. The highest BCUT2D eigenvalue weighted by molar-refractivity contribution is 5.48. The van der Waals surface area contributed by atoms with Gasteiger partial charge in [-0.3, -0.25) is 0 Å². The maximum Gasteiger partial charge on any atom is 0.387 e. The Labute approximate surface area is 81.9 Å². The molecule has 0 bridgehead atoms. The Morgan fingerprint density at radius 3 is 2.57 bits per heavy atom. The Balaban J connectivity index is 2.68. The molecule has 0 fully saturated rings. The third-order valence-electron chi connectivity index (χ3n) is 1.51. The first kappa shape index (κ1) is 10.8. The van der Waals surface area contributed by atoms with Crippen LogP contribution in [0, 0.1) is 0 Å². The van der Waals surface area contributed by atoms with Crippen molar-refractivity contribution >= 4 is 5.69 Å². The highest BCUT2D eigenvalue weighted by atomic mass is 19.3. The van der Waals surface area contributed by atoms with Crippen molar-refractivity contribution in [2.75, 3.05) is 5.32 Å². The van der Waals surface area contributed by atoms with Gasteiger partial charge in [-0.2, -0.15) is 8.78 Å². The predicted octanol–water partition coefficient (Wildman–Crippen LogP) is 3.11. The molecule has 0 aliphatic heterocycles. The molecular formula is C10H13F2NO. The van der Waals surface area contributed by atoms with E-state index in [0.717, 1.165) is 5.69 Å². The van der Waals surface area contributed by atoms with Gasteiger partial charge in [0.2, 0.25) is 0 Å². The van der Waals surface area contributed by atoms with Gasteiger partial charge >= 0.3 is 6.61 Å². The first-order valence-corrected chi connectivity index (χ1v) is 4.39. The van der Waals surface area contributed by atoms with E-state index in [1.165, 1.54) is 6.07 Å². The van der Waals surface area contributed by atoms with Crippen LogP contribution in [0.5, 0.6) is 5.75 Å². The summed E-state index contributed by atoms with van der Waals surface area (Å²) in [4.78, 5) is 0. The lowest BCUT2D eigenvalue weighted by molar-refractivity contribution is -0.0498. The van der Waals surface area contributed by atoms with Gasteiger partial charge in [0.05, 0.1) is 0 Å². The number of hydrogen-bond acceptors (Lipinski definition) is 2. The number of anilines is 1. The number of ether oxygens (including phenoxy) is 1. The maximum atomic E-state index is 11.9. The van der Waals surface area contributed by atoms with Crippen molar-refractivity contribution in [3.05, 3.63) is 24.3 Å². The largest absolute Gasteiger partial charge is 0.435 e. The number of halogens is 2. The Bertz CT molecular complexity index is 264. The average molecular weight is 201 g/mol. The normalized spacial score (nSPS) is 10.7. The third kappa shape index (κ3) is 3.60. The fourth-order valence-electron chi connectivity index (χ4n) is 1.10. The number of rotatable bonds is 4. The van der Waals surface area contributed by atoms with E-state index < -0.39 is 6.61 Å². The molecule has 0 spiro atoms. The quantitative estimate of drug-likeness (QED) is 0.808. The van der Waals surface area contributed by atoms with E-state index in [1.807, 2.05) is 13.8 Å². The molecule has 0 aromatic heterocycles. The molecule has 78 valence electrons. The van der Waals surface area contributed by atoms with Crippen LogP contribution in [0.25, 0.3) is 0 Å². The molecule has 1 aromatic carbocycles. The van der Waals surface area contributed by atoms with E-state index in [9.17, 15) is 8.78 Å². The molecule has 0 unspecified atom stereocenters. The van der Waals surface area contributed by atoms with E-state index >= 15 is 0 Å². The second kappa shape index (κ2) is 4.79. The lowest BCUT2D eigenvalue weighted by Crippen LogP contribution is -2.09. The average Bonchev–Trinajstić information content (AvgIpc) is 2.01. The molecule has 1 N–H and O–H groups in total. The number of nitrogens with one attached hydrogen (secondary N) is 1. The molecule has 0 radical (unpaired) electrons. The topological polar surface area (TPSA) is 21.3 Å². The zero-order valence-electron chi connectivity index (χ0n) is 8.13. The summed E-state index contributed by atoms with van der Waals surface area (Å²) in [5.74, 6) is 0.172. The van der Waals surface area contributed by atoms with Crippen LogP contribution in [-0.2, 0) is 0 Å². The van der Waals surface area contributed by atoms with E-state index in [0.29, 0.717) is 0 Å². The van der Waals surface area contributed by atoms with Crippen LogP contribution in [0.4, 0.5) is 14.5 Å². The molecule has 0 aliphatic rings. The van der Waals surface area contributed by atoms with Gasteiger partial charge in [-0.05, 0) is 26.0 Å². The summed E-state index contributed by atoms with van der Waals surface area (Å²) in [5, 5.41) is 3.09. The number of alkyl halides is 2. The van der Waals surface area contributed by atoms with Crippen LogP contribution >= 0.6 is 0 Å². The van der Waals surface area contributed by atoms with Crippen molar-refractivity contribution in [1.82, 2.24) is 0 Å². The first-order valence-electron chi connectivity index (χ1n) is 4.39. The number of benzene rings is 1. The van der Waals surface area contributed by atoms with Gasteiger partial charge in [-0.1, -0.05) is 6.07 Å². The molecule has 0 atom stereocenters. The van der Waals surface area contributed by atoms with E-state index in [2.05, 4.69) is 10.1 Å². The minimum absolute atomic E-state index is 0.172. The van der Waals surface area contributed by atoms with Gasteiger partial charge in [0.1, 0.15) is 5.75 Å². The molecule has 0 saturated carbocycles. The van der Waals surface area contributed by atoms with Crippen LogP contribution < -0.4 is 10.1 Å². The molecule has 2 nitrogen and oxygen atoms in total. The van der Waals surface area contributed by atoms with Gasteiger partial charge in [0.25, 0.3) is 0 Å². The lowest BCUT2D eigenvalue weighted by Gasteiger charge is -2.11. The molecular weight excluding hydrogens is 188 g/mol. The van der Waals surface area contributed by atoms with Crippen molar-refractivity contribution in [2.24, 2.45) is 0 Å². The highest BCUT2D eigenvalue weighted by Crippen LogP contribution is 2.19. The molecule has 1 aromatic rings. The Morgan fingerprint density at radius 2 is 2.00 bits per heavy atom. The van der Waals surface area contributed by atoms with E-state index in [4.69, 9.17) is 0 Å². The monoisotopic (exact) mass is 201 g/mol. The van der Waals surface area contributed by atoms with Crippen LogP contribution in [0.15, 0.2) is 24.3 Å². The fraction of sp³-hybridized carbons (Fsp3) is 0.400. The summed E-state index contributed by atoms with van der Waals surface area (Å²) in [7, 11) is 0. The molecule has 0 amide bonds. The van der Waals surface area contributed by atoms with Crippen LogP contribution in [0.1, 0.15) is 13.8 Å². The van der Waals surface area contributed by atoms with Gasteiger partial charge in [-0.25, -0.2) is 0 Å². The van der Waals surface area contributed by atoms with Crippen molar-refractivity contribution in [1.29, 1.82) is 0 Å². The standard InChI is InChI=1S/C10H13F2NO/c1-7(2)13-8-4-3-5-9(6-8)14-10(11)12/h3-7,10,13H,1-2H3. The summed E-state index contributed by atoms with van der Waals surface area (Å²) in [6, 6.07) is 6.78.